The van der Waals surface area contributed by atoms with E-state index in [4.69, 9.17) is 5.11 Å². The molecular formula is C12H20O. The Morgan fingerprint density at radius 2 is 2.08 bits per heavy atom. The smallest absolute Gasteiger partial charge is 0.114 e. The summed E-state index contributed by atoms with van der Waals surface area (Å²) in [5.74, 6) is 0.227. The largest absolute Gasteiger partial charge is 0.508 e. The number of aliphatic hydroxyl groups excluding tert-OH is 1. The molecular weight excluding hydrogens is 160 g/mol. The lowest BCUT2D eigenvalue weighted by molar-refractivity contribution is 0.433. The summed E-state index contributed by atoms with van der Waals surface area (Å²) in [6.45, 7) is 5.66. The van der Waals surface area contributed by atoms with Crippen LogP contribution in [0.5, 0.6) is 0 Å². The lowest BCUT2D eigenvalue weighted by Crippen LogP contribution is -1.73. The Kier molecular flexibility index (Phi) is 8.42. The Morgan fingerprint density at radius 3 is 2.69 bits per heavy atom. The quantitative estimate of drug-likeness (QED) is 0.354. The third-order valence-corrected chi connectivity index (χ3v) is 1.84. The average Bonchev–Trinajstić information content (AvgIpc) is 2.16. The fourth-order valence-electron chi connectivity index (χ4n) is 1.02. The molecule has 0 spiro atoms. The number of rotatable bonds is 7. The topological polar surface area (TPSA) is 20.2 Å². The van der Waals surface area contributed by atoms with Crippen LogP contribution in [0.15, 0.2) is 36.6 Å². The van der Waals surface area contributed by atoms with Gasteiger partial charge in [-0.1, -0.05) is 44.9 Å². The van der Waals surface area contributed by atoms with Gasteiger partial charge in [-0.25, -0.2) is 0 Å². The van der Waals surface area contributed by atoms with Gasteiger partial charge in [0.1, 0.15) is 5.76 Å². The Balaban J connectivity index is 3.36. The van der Waals surface area contributed by atoms with Crippen molar-refractivity contribution in [3.8, 4) is 0 Å². The highest BCUT2D eigenvalue weighted by molar-refractivity contribution is 5.14. The van der Waals surface area contributed by atoms with Crippen molar-refractivity contribution < 1.29 is 5.11 Å². The van der Waals surface area contributed by atoms with Crippen LogP contribution < -0.4 is 0 Å². The molecule has 0 aliphatic heterocycles. The van der Waals surface area contributed by atoms with Crippen molar-refractivity contribution in [1.82, 2.24) is 0 Å². The Labute approximate surface area is 81.5 Å². The zero-order valence-electron chi connectivity index (χ0n) is 8.50. The molecule has 0 rings (SSSR count). The van der Waals surface area contributed by atoms with Crippen molar-refractivity contribution in [2.75, 3.05) is 0 Å². The number of hydrogen-bond acceptors (Lipinski definition) is 1. The number of unbranched alkanes of at least 4 members (excludes halogenated alkanes) is 4. The minimum atomic E-state index is 0.227. The second-order valence-corrected chi connectivity index (χ2v) is 3.07. The summed E-state index contributed by atoms with van der Waals surface area (Å²) in [7, 11) is 0. The second-order valence-electron chi connectivity index (χ2n) is 3.07. The molecule has 0 radical (unpaired) electrons. The fourth-order valence-corrected chi connectivity index (χ4v) is 1.02. The molecule has 1 nitrogen and oxygen atoms in total. The maximum absolute atomic E-state index is 8.99. The third-order valence-electron chi connectivity index (χ3n) is 1.84. The molecule has 0 aromatic rings. The van der Waals surface area contributed by atoms with Gasteiger partial charge in [-0.2, -0.15) is 0 Å². The average molecular weight is 180 g/mol. The van der Waals surface area contributed by atoms with Crippen LogP contribution in [-0.2, 0) is 0 Å². The zero-order valence-corrected chi connectivity index (χ0v) is 8.50. The predicted octanol–water partition coefficient (Wildman–Crippen LogP) is 4.14. The van der Waals surface area contributed by atoms with Crippen LogP contribution >= 0.6 is 0 Å². The van der Waals surface area contributed by atoms with Crippen LogP contribution in [0, 0.1) is 0 Å². The van der Waals surface area contributed by atoms with Crippen LogP contribution in [0.25, 0.3) is 0 Å². The van der Waals surface area contributed by atoms with Gasteiger partial charge in [0.2, 0.25) is 0 Å². The minimum Gasteiger partial charge on any atom is -0.508 e. The van der Waals surface area contributed by atoms with Crippen molar-refractivity contribution in [3.63, 3.8) is 0 Å². The summed E-state index contributed by atoms with van der Waals surface area (Å²) in [4.78, 5) is 0. The van der Waals surface area contributed by atoms with Crippen LogP contribution in [0.3, 0.4) is 0 Å². The van der Waals surface area contributed by atoms with E-state index in [1.54, 1.807) is 6.08 Å². The van der Waals surface area contributed by atoms with Crippen molar-refractivity contribution in [2.45, 2.75) is 39.0 Å². The number of hydrogen-bond donors (Lipinski definition) is 1. The molecule has 1 heteroatoms. The molecule has 0 heterocycles. The van der Waals surface area contributed by atoms with E-state index in [0.29, 0.717) is 0 Å². The first-order valence-electron chi connectivity index (χ1n) is 4.99. The normalized spacial score (nSPS) is 12.2. The maximum Gasteiger partial charge on any atom is 0.114 e. The van der Waals surface area contributed by atoms with E-state index in [9.17, 15) is 0 Å². The molecule has 74 valence electrons. The molecule has 0 fully saturated rings. The lowest BCUT2D eigenvalue weighted by atomic mass is 10.1. The summed E-state index contributed by atoms with van der Waals surface area (Å²) in [6.07, 6.45) is 13.3. The monoisotopic (exact) mass is 180 g/mol. The number of aliphatic hydroxyl groups is 1. The van der Waals surface area contributed by atoms with E-state index in [2.05, 4.69) is 19.6 Å². The van der Waals surface area contributed by atoms with Crippen LogP contribution in [-0.4, -0.2) is 5.11 Å². The standard InChI is InChI=1S/C12H20O/c1-3-5-6-7-8-9-10-11-12(13)4-2/h4,9-11,13H,2-3,5-8H2,1H3/b10-9+,12-11-. The molecule has 13 heavy (non-hydrogen) atoms. The van der Waals surface area contributed by atoms with E-state index in [1.165, 1.54) is 31.8 Å². The summed E-state index contributed by atoms with van der Waals surface area (Å²) in [5, 5.41) is 8.99. The second kappa shape index (κ2) is 9.11. The molecule has 0 aromatic heterocycles. The number of allylic oxidation sites excluding steroid dienone is 4. The predicted molar refractivity (Wildman–Crippen MR) is 58.8 cm³/mol. The van der Waals surface area contributed by atoms with Gasteiger partial charge < -0.3 is 5.11 Å². The molecule has 0 saturated heterocycles. The Bertz CT molecular complexity index is 178. The van der Waals surface area contributed by atoms with E-state index in [0.717, 1.165) is 6.42 Å². The minimum absolute atomic E-state index is 0.227. The molecule has 0 aromatic carbocycles. The van der Waals surface area contributed by atoms with Gasteiger partial charge in [-0.3, -0.25) is 0 Å². The molecule has 1 N–H and O–H groups in total. The SMILES string of the molecule is C=C/C(O)=C/C=C/CCCCCC. The van der Waals surface area contributed by atoms with Gasteiger partial charge in [0.15, 0.2) is 0 Å². The Morgan fingerprint density at radius 1 is 1.31 bits per heavy atom. The summed E-state index contributed by atoms with van der Waals surface area (Å²) in [6, 6.07) is 0. The van der Waals surface area contributed by atoms with Gasteiger partial charge in [-0.05, 0) is 25.0 Å². The van der Waals surface area contributed by atoms with Gasteiger partial charge >= 0.3 is 0 Å². The summed E-state index contributed by atoms with van der Waals surface area (Å²) < 4.78 is 0. The highest BCUT2D eigenvalue weighted by Gasteiger charge is 1.83. The van der Waals surface area contributed by atoms with Crippen LogP contribution in [0.2, 0.25) is 0 Å². The maximum atomic E-state index is 8.99. The molecule has 0 aliphatic carbocycles. The van der Waals surface area contributed by atoms with Gasteiger partial charge in [0, 0.05) is 0 Å². The highest BCUT2D eigenvalue weighted by Crippen LogP contribution is 2.03. The van der Waals surface area contributed by atoms with Gasteiger partial charge in [-0.15, -0.1) is 0 Å². The molecule has 0 amide bonds. The third kappa shape index (κ3) is 8.93. The fraction of sp³-hybridized carbons (Fsp3) is 0.500. The van der Waals surface area contributed by atoms with E-state index >= 15 is 0 Å². The summed E-state index contributed by atoms with van der Waals surface area (Å²) in [5.41, 5.74) is 0. The first-order chi connectivity index (χ1) is 6.31. The lowest BCUT2D eigenvalue weighted by Gasteiger charge is -1.93. The molecule has 0 unspecified atom stereocenters. The molecule has 0 bridgehead atoms. The first kappa shape index (κ1) is 12.0. The van der Waals surface area contributed by atoms with E-state index in [1.807, 2.05) is 6.08 Å². The van der Waals surface area contributed by atoms with Crippen molar-refractivity contribution in [2.24, 2.45) is 0 Å². The zero-order chi connectivity index (χ0) is 9.94. The van der Waals surface area contributed by atoms with Crippen LogP contribution in [0.1, 0.15) is 39.0 Å². The highest BCUT2D eigenvalue weighted by atomic mass is 16.3. The van der Waals surface area contributed by atoms with E-state index in [-0.39, 0.29) is 5.76 Å². The first-order valence-corrected chi connectivity index (χ1v) is 4.99. The van der Waals surface area contributed by atoms with Gasteiger partial charge in [0.05, 0.1) is 0 Å². The molecule has 0 saturated carbocycles. The van der Waals surface area contributed by atoms with Crippen molar-refractivity contribution in [1.29, 1.82) is 0 Å². The molecule has 0 atom stereocenters. The summed E-state index contributed by atoms with van der Waals surface area (Å²) >= 11 is 0. The Hall–Kier alpha value is -0.980. The van der Waals surface area contributed by atoms with Crippen molar-refractivity contribution in [3.05, 3.63) is 36.6 Å². The van der Waals surface area contributed by atoms with Crippen molar-refractivity contribution >= 4 is 0 Å². The van der Waals surface area contributed by atoms with E-state index < -0.39 is 0 Å². The molecule has 0 aliphatic rings. The van der Waals surface area contributed by atoms with Gasteiger partial charge in [0.25, 0.3) is 0 Å². The van der Waals surface area contributed by atoms with Crippen LogP contribution in [0.4, 0.5) is 0 Å².